The molecule has 0 spiro atoms. The van der Waals surface area contributed by atoms with Crippen molar-refractivity contribution in [1.29, 1.82) is 0 Å². The number of sulfone groups is 1. The molecule has 3 aromatic heterocycles. The molecule has 0 unspecified atom stereocenters. The lowest BCUT2D eigenvalue weighted by molar-refractivity contribution is 0.602. The van der Waals surface area contributed by atoms with E-state index in [9.17, 15) is 8.42 Å². The molecule has 142 valence electrons. The second-order valence-corrected chi connectivity index (χ2v) is 8.37. The van der Waals surface area contributed by atoms with Gasteiger partial charge in [-0.3, -0.25) is 4.98 Å². The Morgan fingerprint density at radius 2 is 1.66 bits per heavy atom. The summed E-state index contributed by atoms with van der Waals surface area (Å²) in [7, 11) is -3.23. The third kappa shape index (κ3) is 4.39. The Labute approximate surface area is 168 Å². The molecule has 0 saturated heterocycles. The van der Waals surface area contributed by atoms with Gasteiger partial charge < -0.3 is 5.32 Å². The molecule has 0 bridgehead atoms. The van der Waals surface area contributed by atoms with E-state index in [0.717, 1.165) is 22.0 Å². The third-order valence-corrected chi connectivity index (χ3v) is 5.34. The summed E-state index contributed by atoms with van der Waals surface area (Å²) in [5.74, 6) is 6.82. The van der Waals surface area contributed by atoms with Gasteiger partial charge in [-0.1, -0.05) is 5.92 Å². The molecule has 4 rings (SSSR count). The molecule has 0 radical (unpaired) electrons. The zero-order valence-electron chi connectivity index (χ0n) is 15.5. The Morgan fingerprint density at radius 1 is 0.897 bits per heavy atom. The van der Waals surface area contributed by atoms with Crippen molar-refractivity contribution in [3.8, 4) is 11.8 Å². The van der Waals surface area contributed by atoms with Gasteiger partial charge >= 0.3 is 0 Å². The fourth-order valence-corrected chi connectivity index (χ4v) is 3.36. The molecule has 4 aromatic rings. The number of nitrogens with one attached hydrogen (secondary N) is 1. The van der Waals surface area contributed by atoms with Crippen molar-refractivity contribution >= 4 is 32.1 Å². The first-order valence-corrected chi connectivity index (χ1v) is 10.6. The average molecular weight is 400 g/mol. The molecule has 0 aliphatic heterocycles. The van der Waals surface area contributed by atoms with Gasteiger partial charge in [0.15, 0.2) is 9.84 Å². The van der Waals surface area contributed by atoms with E-state index in [2.05, 4.69) is 32.1 Å². The van der Waals surface area contributed by atoms with Crippen LogP contribution in [0.4, 0.5) is 11.5 Å². The zero-order chi connectivity index (χ0) is 20.3. The number of anilines is 2. The van der Waals surface area contributed by atoms with E-state index in [1.54, 1.807) is 49.1 Å². The Hall–Kier alpha value is -3.76. The van der Waals surface area contributed by atoms with Crippen molar-refractivity contribution in [2.45, 2.75) is 4.90 Å². The maximum atomic E-state index is 11.6. The molecule has 6 nitrogen and oxygen atoms in total. The molecule has 3 heterocycles. The molecule has 0 atom stereocenters. The lowest BCUT2D eigenvalue weighted by atomic mass is 10.1. The van der Waals surface area contributed by atoms with Gasteiger partial charge in [-0.15, -0.1) is 0 Å². The molecular weight excluding hydrogens is 384 g/mol. The molecule has 29 heavy (non-hydrogen) atoms. The van der Waals surface area contributed by atoms with Crippen LogP contribution in [0.15, 0.2) is 78.2 Å². The first-order chi connectivity index (χ1) is 14.0. The van der Waals surface area contributed by atoms with Crippen LogP contribution in [0.2, 0.25) is 0 Å². The second kappa shape index (κ2) is 7.70. The zero-order valence-corrected chi connectivity index (χ0v) is 16.3. The van der Waals surface area contributed by atoms with Crippen molar-refractivity contribution in [3.63, 3.8) is 0 Å². The van der Waals surface area contributed by atoms with Crippen LogP contribution in [-0.2, 0) is 9.84 Å². The minimum Gasteiger partial charge on any atom is -0.340 e. The normalized spacial score (nSPS) is 10.9. The Kier molecular flexibility index (Phi) is 4.94. The number of hydrogen-bond donors (Lipinski definition) is 1. The van der Waals surface area contributed by atoms with Gasteiger partial charge in [0.1, 0.15) is 11.5 Å². The van der Waals surface area contributed by atoms with Crippen molar-refractivity contribution in [2.24, 2.45) is 0 Å². The first kappa shape index (κ1) is 18.6. The third-order valence-electron chi connectivity index (χ3n) is 4.21. The molecule has 0 saturated carbocycles. The largest absolute Gasteiger partial charge is 0.340 e. The number of fused-ring (bicyclic) bond motifs is 1. The van der Waals surface area contributed by atoms with Crippen LogP contribution in [0, 0.1) is 11.8 Å². The lowest BCUT2D eigenvalue weighted by Gasteiger charge is -2.08. The molecule has 1 aromatic carbocycles. The monoisotopic (exact) mass is 400 g/mol. The summed E-state index contributed by atoms with van der Waals surface area (Å²) in [6, 6.07) is 14.0. The highest BCUT2D eigenvalue weighted by molar-refractivity contribution is 7.90. The van der Waals surface area contributed by atoms with E-state index in [-0.39, 0.29) is 4.90 Å². The van der Waals surface area contributed by atoms with E-state index >= 15 is 0 Å². The van der Waals surface area contributed by atoms with Gasteiger partial charge in [0, 0.05) is 53.1 Å². The fraction of sp³-hybridized carbons (Fsp3) is 0.0455. The highest BCUT2D eigenvalue weighted by atomic mass is 32.2. The van der Waals surface area contributed by atoms with Gasteiger partial charge in [0.05, 0.1) is 4.90 Å². The van der Waals surface area contributed by atoms with E-state index in [1.807, 2.05) is 24.3 Å². The van der Waals surface area contributed by atoms with Crippen molar-refractivity contribution in [3.05, 3.63) is 84.6 Å². The predicted octanol–water partition coefficient (Wildman–Crippen LogP) is 3.57. The molecule has 0 aliphatic rings. The van der Waals surface area contributed by atoms with Crippen LogP contribution in [0.5, 0.6) is 0 Å². The summed E-state index contributed by atoms with van der Waals surface area (Å²) in [4.78, 5) is 13.1. The average Bonchev–Trinajstić information content (AvgIpc) is 2.73. The Bertz CT molecular complexity index is 1340. The second-order valence-electron chi connectivity index (χ2n) is 6.36. The quantitative estimate of drug-likeness (QED) is 0.529. The summed E-state index contributed by atoms with van der Waals surface area (Å²) >= 11 is 0. The van der Waals surface area contributed by atoms with Gasteiger partial charge in [-0.25, -0.2) is 18.4 Å². The van der Waals surface area contributed by atoms with Crippen LogP contribution in [-0.4, -0.2) is 29.6 Å². The van der Waals surface area contributed by atoms with Crippen molar-refractivity contribution < 1.29 is 8.42 Å². The Morgan fingerprint density at radius 3 is 2.38 bits per heavy atom. The van der Waals surface area contributed by atoms with E-state index in [1.165, 1.54) is 6.26 Å². The van der Waals surface area contributed by atoms with Crippen LogP contribution in [0.3, 0.4) is 0 Å². The summed E-state index contributed by atoms with van der Waals surface area (Å²) in [6.07, 6.45) is 8.03. The van der Waals surface area contributed by atoms with E-state index in [4.69, 9.17) is 0 Å². The van der Waals surface area contributed by atoms with Gasteiger partial charge in [0.2, 0.25) is 0 Å². The maximum absolute atomic E-state index is 11.6. The molecular formula is C22H16N4O2S. The highest BCUT2D eigenvalue weighted by Crippen LogP contribution is 2.22. The number of nitrogens with zero attached hydrogens (tertiary/aromatic N) is 3. The lowest BCUT2D eigenvalue weighted by Crippen LogP contribution is -1.98. The van der Waals surface area contributed by atoms with Crippen LogP contribution in [0.25, 0.3) is 10.8 Å². The number of hydrogen-bond acceptors (Lipinski definition) is 6. The summed E-state index contributed by atoms with van der Waals surface area (Å²) in [5, 5.41) is 4.99. The van der Waals surface area contributed by atoms with E-state index < -0.39 is 9.84 Å². The first-order valence-electron chi connectivity index (χ1n) is 8.73. The van der Waals surface area contributed by atoms with E-state index in [0.29, 0.717) is 11.5 Å². The number of pyridine rings is 3. The Balaban J connectivity index is 1.66. The topological polar surface area (TPSA) is 84.8 Å². The predicted molar refractivity (Wildman–Crippen MR) is 113 cm³/mol. The van der Waals surface area contributed by atoms with Crippen molar-refractivity contribution in [2.75, 3.05) is 11.6 Å². The molecule has 1 N–H and O–H groups in total. The minimum atomic E-state index is -3.23. The summed E-state index contributed by atoms with van der Waals surface area (Å²) in [6.45, 7) is 0. The number of rotatable bonds is 3. The SMILES string of the molecule is CS(=O)(=O)c1ccc(Nc2cc3c(C#Cc4ccncc4)nccc3cn2)cc1. The maximum Gasteiger partial charge on any atom is 0.175 e. The van der Waals surface area contributed by atoms with Crippen LogP contribution >= 0.6 is 0 Å². The molecule has 7 heteroatoms. The van der Waals surface area contributed by atoms with Gasteiger partial charge in [0.25, 0.3) is 0 Å². The van der Waals surface area contributed by atoms with Gasteiger partial charge in [-0.05, 0) is 54.5 Å². The molecule has 0 fully saturated rings. The van der Waals surface area contributed by atoms with Crippen molar-refractivity contribution in [1.82, 2.24) is 15.0 Å². The molecule has 0 aliphatic carbocycles. The smallest absolute Gasteiger partial charge is 0.175 e. The van der Waals surface area contributed by atoms with Crippen LogP contribution in [0.1, 0.15) is 11.3 Å². The minimum absolute atomic E-state index is 0.271. The number of benzene rings is 1. The highest BCUT2D eigenvalue weighted by Gasteiger charge is 2.07. The standard InChI is InChI=1S/C22H16N4O2S/c1-29(27,28)19-5-3-18(4-6-19)26-22-14-20-17(15-25-22)10-13-24-21(20)7-2-16-8-11-23-12-9-16/h3-6,8-15H,1H3,(H,25,26). The van der Waals surface area contributed by atoms with Crippen LogP contribution < -0.4 is 5.32 Å². The summed E-state index contributed by atoms with van der Waals surface area (Å²) < 4.78 is 23.2. The summed E-state index contributed by atoms with van der Waals surface area (Å²) in [5.41, 5.74) is 2.24. The fourth-order valence-electron chi connectivity index (χ4n) is 2.73. The van der Waals surface area contributed by atoms with Gasteiger partial charge in [-0.2, -0.15) is 0 Å². The number of aromatic nitrogens is 3. The molecule has 0 amide bonds.